The van der Waals surface area contributed by atoms with Gasteiger partial charge in [-0.2, -0.15) is 0 Å². The summed E-state index contributed by atoms with van der Waals surface area (Å²) in [6.45, 7) is 3.46. The van der Waals surface area contributed by atoms with Crippen molar-refractivity contribution in [1.29, 1.82) is 0 Å². The van der Waals surface area contributed by atoms with Crippen LogP contribution in [-0.4, -0.2) is 29.5 Å². The molecule has 1 aromatic heterocycles. The van der Waals surface area contributed by atoms with E-state index in [-0.39, 0.29) is 23.0 Å². The lowest BCUT2D eigenvalue weighted by molar-refractivity contribution is -0.144. The lowest BCUT2D eigenvalue weighted by Crippen LogP contribution is -2.39. The molecule has 0 bridgehead atoms. The zero-order chi connectivity index (χ0) is 13.7. The number of halogens is 1. The highest BCUT2D eigenvalue weighted by atomic mass is 35.5. The molecule has 0 aliphatic rings. The Morgan fingerprint density at radius 2 is 2.28 bits per heavy atom. The van der Waals surface area contributed by atoms with Crippen molar-refractivity contribution in [3.8, 4) is 0 Å². The summed E-state index contributed by atoms with van der Waals surface area (Å²) in [6.07, 6.45) is 1.28. The van der Waals surface area contributed by atoms with Gasteiger partial charge in [-0.25, -0.2) is 9.78 Å². The van der Waals surface area contributed by atoms with Crippen LogP contribution in [0.15, 0.2) is 12.3 Å². The van der Waals surface area contributed by atoms with Crippen LogP contribution in [0.25, 0.3) is 0 Å². The fourth-order valence-corrected chi connectivity index (χ4v) is 1.40. The minimum absolute atomic E-state index is 0.151. The third kappa shape index (κ3) is 3.59. The van der Waals surface area contributed by atoms with Gasteiger partial charge in [-0.05, 0) is 19.9 Å². The number of nitrogens with one attached hydrogen (secondary N) is 1. The zero-order valence-electron chi connectivity index (χ0n) is 10.1. The molecular formula is C11H14ClN3O3. The molecule has 0 radical (unpaired) electrons. The highest BCUT2D eigenvalue weighted by Gasteiger charge is 2.19. The molecule has 1 atom stereocenters. The number of nitrogen functional groups attached to an aromatic ring is 1. The fraction of sp³-hybridized carbons (Fsp3) is 0.364. The number of nitrogens with zero attached hydrogens (tertiary/aromatic N) is 1. The summed E-state index contributed by atoms with van der Waals surface area (Å²) >= 11 is 5.67. The summed E-state index contributed by atoms with van der Waals surface area (Å²) in [5, 5.41) is 2.62. The summed E-state index contributed by atoms with van der Waals surface area (Å²) in [7, 11) is 0. The third-order valence-electron chi connectivity index (χ3n) is 2.13. The standard InChI is InChI=1S/C11H14ClN3O3/c1-3-18-11(17)6(2)15-10(16)7-4-9(12)14-5-8(7)13/h4-6H,3,13H2,1-2H3,(H,15,16). The van der Waals surface area contributed by atoms with Crippen LogP contribution in [0.5, 0.6) is 0 Å². The molecule has 1 heterocycles. The van der Waals surface area contributed by atoms with E-state index in [9.17, 15) is 9.59 Å². The average Bonchev–Trinajstić information content (AvgIpc) is 2.32. The Balaban J connectivity index is 2.76. The number of hydrogen-bond acceptors (Lipinski definition) is 5. The van der Waals surface area contributed by atoms with Gasteiger partial charge in [0.15, 0.2) is 0 Å². The first-order chi connectivity index (χ1) is 8.45. The number of rotatable bonds is 4. The summed E-state index contributed by atoms with van der Waals surface area (Å²) in [5.41, 5.74) is 5.96. The topological polar surface area (TPSA) is 94.3 Å². The number of amides is 1. The van der Waals surface area contributed by atoms with Crippen LogP contribution in [-0.2, 0) is 9.53 Å². The highest BCUT2D eigenvalue weighted by Crippen LogP contribution is 2.14. The molecule has 98 valence electrons. The van der Waals surface area contributed by atoms with Crippen LogP contribution in [0.2, 0.25) is 5.15 Å². The Hall–Kier alpha value is -1.82. The van der Waals surface area contributed by atoms with Crippen molar-refractivity contribution in [3.63, 3.8) is 0 Å². The molecule has 0 aliphatic heterocycles. The molecule has 0 aromatic carbocycles. The molecule has 6 nitrogen and oxygen atoms in total. The van der Waals surface area contributed by atoms with Crippen molar-refractivity contribution in [3.05, 3.63) is 23.0 Å². The SMILES string of the molecule is CCOC(=O)C(C)NC(=O)c1cc(Cl)ncc1N. The van der Waals surface area contributed by atoms with Gasteiger partial charge in [-0.15, -0.1) is 0 Å². The van der Waals surface area contributed by atoms with Crippen molar-refractivity contribution in [2.24, 2.45) is 0 Å². The van der Waals surface area contributed by atoms with Gasteiger partial charge in [0.2, 0.25) is 0 Å². The van der Waals surface area contributed by atoms with Gasteiger partial charge in [0.1, 0.15) is 11.2 Å². The van der Waals surface area contributed by atoms with Crippen molar-refractivity contribution in [2.75, 3.05) is 12.3 Å². The molecule has 0 spiro atoms. The van der Waals surface area contributed by atoms with Crippen LogP contribution in [0, 0.1) is 0 Å². The summed E-state index contributed by atoms with van der Waals surface area (Å²) < 4.78 is 4.77. The molecule has 1 unspecified atom stereocenters. The maximum absolute atomic E-state index is 11.9. The maximum atomic E-state index is 11.9. The molecule has 18 heavy (non-hydrogen) atoms. The maximum Gasteiger partial charge on any atom is 0.328 e. The monoisotopic (exact) mass is 271 g/mol. The number of nitrogens with two attached hydrogens (primary N) is 1. The van der Waals surface area contributed by atoms with E-state index in [0.717, 1.165) is 0 Å². The average molecular weight is 272 g/mol. The Morgan fingerprint density at radius 1 is 1.61 bits per heavy atom. The van der Waals surface area contributed by atoms with E-state index in [4.69, 9.17) is 22.1 Å². The second kappa shape index (κ2) is 6.20. The number of pyridine rings is 1. The number of anilines is 1. The van der Waals surface area contributed by atoms with E-state index in [0.29, 0.717) is 0 Å². The smallest absolute Gasteiger partial charge is 0.328 e. The molecule has 1 rings (SSSR count). The molecular weight excluding hydrogens is 258 g/mol. The Kier molecular flexibility index (Phi) is 4.91. The minimum Gasteiger partial charge on any atom is -0.464 e. The Morgan fingerprint density at radius 3 is 2.89 bits per heavy atom. The number of esters is 1. The summed E-state index contributed by atoms with van der Waals surface area (Å²) in [5.74, 6) is -1.01. The van der Waals surface area contributed by atoms with Crippen molar-refractivity contribution >= 4 is 29.2 Å². The largest absolute Gasteiger partial charge is 0.464 e. The van der Waals surface area contributed by atoms with E-state index in [1.807, 2.05) is 0 Å². The van der Waals surface area contributed by atoms with Crippen LogP contribution in [0.3, 0.4) is 0 Å². The predicted molar refractivity (Wildman–Crippen MR) is 67.2 cm³/mol. The predicted octanol–water partition coefficient (Wildman–Crippen LogP) is 0.999. The Bertz CT molecular complexity index is 465. The minimum atomic E-state index is -0.760. The molecule has 0 fully saturated rings. The zero-order valence-corrected chi connectivity index (χ0v) is 10.8. The number of carbonyl (C=O) groups is 2. The van der Waals surface area contributed by atoms with E-state index in [1.54, 1.807) is 6.92 Å². The first-order valence-electron chi connectivity index (χ1n) is 5.34. The van der Waals surface area contributed by atoms with Gasteiger partial charge in [0, 0.05) is 0 Å². The molecule has 7 heteroatoms. The normalized spacial score (nSPS) is 11.7. The molecule has 1 aromatic rings. The van der Waals surface area contributed by atoms with Crippen LogP contribution >= 0.6 is 11.6 Å². The third-order valence-corrected chi connectivity index (χ3v) is 2.34. The van der Waals surface area contributed by atoms with Crippen LogP contribution < -0.4 is 11.1 Å². The number of carbonyl (C=O) groups excluding carboxylic acids is 2. The first kappa shape index (κ1) is 14.2. The van der Waals surface area contributed by atoms with Crippen molar-refractivity contribution in [1.82, 2.24) is 10.3 Å². The summed E-state index contributed by atoms with van der Waals surface area (Å²) in [4.78, 5) is 26.9. The lowest BCUT2D eigenvalue weighted by Gasteiger charge is -2.13. The molecule has 1 amide bonds. The first-order valence-corrected chi connectivity index (χ1v) is 5.72. The van der Waals surface area contributed by atoms with Gasteiger partial charge in [-0.3, -0.25) is 4.79 Å². The molecule has 0 aliphatic carbocycles. The van der Waals surface area contributed by atoms with Crippen LogP contribution in [0.4, 0.5) is 5.69 Å². The highest BCUT2D eigenvalue weighted by molar-refractivity contribution is 6.29. The quantitative estimate of drug-likeness (QED) is 0.629. The number of ether oxygens (including phenoxy) is 1. The van der Waals surface area contributed by atoms with Crippen LogP contribution in [0.1, 0.15) is 24.2 Å². The van der Waals surface area contributed by atoms with E-state index in [2.05, 4.69) is 10.3 Å². The van der Waals surface area contributed by atoms with Crippen molar-refractivity contribution in [2.45, 2.75) is 19.9 Å². The second-order valence-electron chi connectivity index (χ2n) is 3.54. The fourth-order valence-electron chi connectivity index (χ4n) is 1.24. The molecule has 0 saturated heterocycles. The van der Waals surface area contributed by atoms with E-state index in [1.165, 1.54) is 19.2 Å². The van der Waals surface area contributed by atoms with Crippen molar-refractivity contribution < 1.29 is 14.3 Å². The van der Waals surface area contributed by atoms with Gasteiger partial charge >= 0.3 is 5.97 Å². The summed E-state index contributed by atoms with van der Waals surface area (Å²) in [6, 6.07) is 0.577. The Labute approximate surface area is 109 Å². The van der Waals surface area contributed by atoms with Gasteiger partial charge < -0.3 is 15.8 Å². The lowest BCUT2D eigenvalue weighted by atomic mass is 10.2. The van der Waals surface area contributed by atoms with Gasteiger partial charge in [0.05, 0.1) is 24.1 Å². The molecule has 3 N–H and O–H groups in total. The van der Waals surface area contributed by atoms with Gasteiger partial charge in [0.25, 0.3) is 5.91 Å². The molecule has 0 saturated carbocycles. The van der Waals surface area contributed by atoms with Gasteiger partial charge in [-0.1, -0.05) is 11.6 Å². The number of aromatic nitrogens is 1. The van der Waals surface area contributed by atoms with E-state index < -0.39 is 17.9 Å². The second-order valence-corrected chi connectivity index (χ2v) is 3.93. The number of hydrogen-bond donors (Lipinski definition) is 2. The van der Waals surface area contributed by atoms with E-state index >= 15 is 0 Å².